The van der Waals surface area contributed by atoms with Crippen molar-refractivity contribution in [3.05, 3.63) is 11.7 Å². The van der Waals surface area contributed by atoms with Gasteiger partial charge < -0.3 is 15.0 Å². The average molecular weight is 322 g/mol. The van der Waals surface area contributed by atoms with Gasteiger partial charge in [0.05, 0.1) is 13.2 Å². The number of aromatic nitrogens is 2. The quantitative estimate of drug-likeness (QED) is 0.826. The fourth-order valence-corrected chi connectivity index (χ4v) is 2.69. The first kappa shape index (κ1) is 16.7. The lowest BCUT2D eigenvalue weighted by Gasteiger charge is -2.34. The minimum atomic E-state index is -4.40. The molecule has 1 unspecified atom stereocenters. The van der Waals surface area contributed by atoms with Gasteiger partial charge in [0, 0.05) is 7.11 Å². The van der Waals surface area contributed by atoms with E-state index in [0.717, 1.165) is 6.42 Å². The van der Waals surface area contributed by atoms with Crippen LogP contribution in [0.15, 0.2) is 4.52 Å². The SMILES string of the molecule is COCC1(C(N)=O)CCCN1Cc1nc(CC(F)(F)F)no1. The standard InChI is InChI=1S/C12H17F3N4O3/c1-21-7-11(10(16)20)3-2-4-19(11)6-9-17-8(18-22-9)5-12(13,14)15/h2-7H2,1H3,(H2,16,20). The number of primary amides is 1. The zero-order chi connectivity index (χ0) is 16.4. The predicted molar refractivity (Wildman–Crippen MR) is 67.5 cm³/mol. The lowest BCUT2D eigenvalue weighted by Crippen LogP contribution is -2.56. The zero-order valence-electron chi connectivity index (χ0n) is 12.0. The van der Waals surface area contributed by atoms with E-state index in [0.29, 0.717) is 13.0 Å². The topological polar surface area (TPSA) is 94.5 Å². The Morgan fingerprint density at radius 3 is 2.86 bits per heavy atom. The van der Waals surface area contributed by atoms with Crippen LogP contribution in [0.3, 0.4) is 0 Å². The summed E-state index contributed by atoms with van der Waals surface area (Å²) in [7, 11) is 1.45. The minimum Gasteiger partial charge on any atom is -0.382 e. The van der Waals surface area contributed by atoms with Gasteiger partial charge in [-0.05, 0) is 19.4 Å². The number of hydrogen-bond donors (Lipinski definition) is 1. The van der Waals surface area contributed by atoms with Crippen molar-refractivity contribution in [2.75, 3.05) is 20.3 Å². The molecule has 1 amide bonds. The van der Waals surface area contributed by atoms with Crippen LogP contribution in [0.1, 0.15) is 24.6 Å². The maximum absolute atomic E-state index is 12.3. The van der Waals surface area contributed by atoms with E-state index in [9.17, 15) is 18.0 Å². The van der Waals surface area contributed by atoms with Gasteiger partial charge in [0.15, 0.2) is 5.82 Å². The van der Waals surface area contributed by atoms with Crippen LogP contribution >= 0.6 is 0 Å². The molecule has 0 aromatic carbocycles. The first-order valence-electron chi connectivity index (χ1n) is 6.69. The van der Waals surface area contributed by atoms with Crippen LogP contribution in [0.2, 0.25) is 0 Å². The number of methoxy groups -OCH3 is 1. The van der Waals surface area contributed by atoms with Gasteiger partial charge in [-0.15, -0.1) is 0 Å². The molecule has 0 aliphatic carbocycles. The van der Waals surface area contributed by atoms with Gasteiger partial charge in [-0.3, -0.25) is 9.69 Å². The molecule has 22 heavy (non-hydrogen) atoms. The van der Waals surface area contributed by atoms with E-state index in [1.807, 2.05) is 0 Å². The monoisotopic (exact) mass is 322 g/mol. The van der Waals surface area contributed by atoms with Crippen molar-refractivity contribution in [2.45, 2.75) is 37.5 Å². The van der Waals surface area contributed by atoms with Crippen LogP contribution in [0.4, 0.5) is 13.2 Å². The van der Waals surface area contributed by atoms with Gasteiger partial charge >= 0.3 is 6.18 Å². The van der Waals surface area contributed by atoms with Crippen LogP contribution in [0.25, 0.3) is 0 Å². The molecule has 2 rings (SSSR count). The number of rotatable bonds is 6. The maximum Gasteiger partial charge on any atom is 0.396 e. The summed E-state index contributed by atoms with van der Waals surface area (Å²) in [6, 6.07) is 0. The number of nitrogens with zero attached hydrogens (tertiary/aromatic N) is 3. The molecule has 1 aliphatic rings. The van der Waals surface area contributed by atoms with Crippen molar-refractivity contribution in [3.8, 4) is 0 Å². The van der Waals surface area contributed by atoms with Crippen LogP contribution in [0.5, 0.6) is 0 Å². The van der Waals surface area contributed by atoms with Crippen molar-refractivity contribution in [2.24, 2.45) is 5.73 Å². The van der Waals surface area contributed by atoms with E-state index in [-0.39, 0.29) is 19.0 Å². The number of carbonyl (C=O) groups excluding carboxylic acids is 1. The van der Waals surface area contributed by atoms with E-state index < -0.39 is 29.9 Å². The third-order valence-corrected chi connectivity index (χ3v) is 3.66. The van der Waals surface area contributed by atoms with E-state index in [1.165, 1.54) is 7.11 Å². The zero-order valence-corrected chi connectivity index (χ0v) is 12.0. The normalized spacial score (nSPS) is 23.1. The van der Waals surface area contributed by atoms with Crippen LogP contribution in [0, 0.1) is 0 Å². The molecule has 1 saturated heterocycles. The third-order valence-electron chi connectivity index (χ3n) is 3.66. The van der Waals surface area contributed by atoms with Crippen molar-refractivity contribution < 1.29 is 27.2 Å². The summed E-state index contributed by atoms with van der Waals surface area (Å²) in [6.07, 6.45) is -4.42. The Bertz CT molecular complexity index is 534. The number of hydrogen-bond acceptors (Lipinski definition) is 6. The number of likely N-dealkylation sites (tertiary alicyclic amines) is 1. The van der Waals surface area contributed by atoms with Crippen molar-refractivity contribution in [1.29, 1.82) is 0 Å². The number of amides is 1. The Kier molecular flexibility index (Phi) is 4.71. The number of ether oxygens (including phenoxy) is 1. The van der Waals surface area contributed by atoms with Gasteiger partial charge in [-0.1, -0.05) is 5.16 Å². The molecule has 124 valence electrons. The Labute approximate surface area is 124 Å². The second kappa shape index (κ2) is 6.21. The van der Waals surface area contributed by atoms with Crippen molar-refractivity contribution >= 4 is 5.91 Å². The molecule has 1 aliphatic heterocycles. The highest BCUT2D eigenvalue weighted by atomic mass is 19.4. The average Bonchev–Trinajstić information content (AvgIpc) is 2.97. The van der Waals surface area contributed by atoms with E-state index in [1.54, 1.807) is 4.90 Å². The van der Waals surface area contributed by atoms with Crippen LogP contribution in [-0.4, -0.2) is 52.9 Å². The largest absolute Gasteiger partial charge is 0.396 e. The summed E-state index contributed by atoms with van der Waals surface area (Å²) >= 11 is 0. The fraction of sp³-hybridized carbons (Fsp3) is 0.750. The highest BCUT2D eigenvalue weighted by molar-refractivity contribution is 5.85. The Balaban J connectivity index is 2.10. The summed E-state index contributed by atoms with van der Waals surface area (Å²) in [5.74, 6) is -0.956. The molecule has 1 aromatic rings. The molecule has 1 atom stereocenters. The number of halogens is 3. The minimum absolute atomic E-state index is 0.0166. The van der Waals surface area contributed by atoms with Crippen molar-refractivity contribution in [1.82, 2.24) is 15.0 Å². The van der Waals surface area contributed by atoms with Gasteiger partial charge in [0.25, 0.3) is 0 Å². The fourth-order valence-electron chi connectivity index (χ4n) is 2.69. The molecule has 7 nitrogen and oxygen atoms in total. The van der Waals surface area contributed by atoms with Crippen LogP contribution < -0.4 is 5.73 Å². The molecule has 10 heteroatoms. The number of nitrogens with two attached hydrogens (primary N) is 1. The summed E-state index contributed by atoms with van der Waals surface area (Å²) in [5, 5.41) is 3.30. The Morgan fingerprint density at radius 1 is 1.55 bits per heavy atom. The van der Waals surface area contributed by atoms with Gasteiger partial charge in [-0.25, -0.2) is 0 Å². The Hall–Kier alpha value is -1.68. The second-order valence-electron chi connectivity index (χ2n) is 5.25. The summed E-state index contributed by atoms with van der Waals surface area (Å²) in [6.45, 7) is 0.701. The van der Waals surface area contributed by atoms with Crippen molar-refractivity contribution in [3.63, 3.8) is 0 Å². The second-order valence-corrected chi connectivity index (χ2v) is 5.25. The molecule has 1 aromatic heterocycles. The first-order chi connectivity index (χ1) is 10.3. The van der Waals surface area contributed by atoms with Gasteiger partial charge in [-0.2, -0.15) is 18.2 Å². The molecule has 0 bridgehead atoms. The molecule has 2 N–H and O–H groups in total. The molecule has 0 spiro atoms. The van der Waals surface area contributed by atoms with E-state index in [2.05, 4.69) is 10.1 Å². The highest BCUT2D eigenvalue weighted by Gasteiger charge is 2.46. The van der Waals surface area contributed by atoms with Gasteiger partial charge in [0.1, 0.15) is 12.0 Å². The van der Waals surface area contributed by atoms with Gasteiger partial charge in [0.2, 0.25) is 11.8 Å². The molecule has 2 heterocycles. The first-order valence-corrected chi connectivity index (χ1v) is 6.69. The predicted octanol–water partition coefficient (Wildman–Crippen LogP) is 0.641. The summed E-state index contributed by atoms with van der Waals surface area (Å²) in [4.78, 5) is 17.2. The molecule has 0 radical (unpaired) electrons. The number of carbonyl (C=O) groups is 1. The molecular formula is C12H17F3N4O3. The van der Waals surface area contributed by atoms with E-state index in [4.69, 9.17) is 15.0 Å². The van der Waals surface area contributed by atoms with E-state index >= 15 is 0 Å². The smallest absolute Gasteiger partial charge is 0.382 e. The highest BCUT2D eigenvalue weighted by Crippen LogP contribution is 2.31. The lowest BCUT2D eigenvalue weighted by atomic mass is 9.96. The maximum atomic E-state index is 12.3. The van der Waals surface area contributed by atoms with Crippen LogP contribution in [-0.2, 0) is 22.5 Å². The molecular weight excluding hydrogens is 305 g/mol. The number of alkyl halides is 3. The summed E-state index contributed by atoms with van der Waals surface area (Å²) in [5.41, 5.74) is 4.48. The molecule has 1 fully saturated rings. The Morgan fingerprint density at radius 2 is 2.27 bits per heavy atom. The molecule has 0 saturated carbocycles. The third kappa shape index (κ3) is 3.55. The summed E-state index contributed by atoms with van der Waals surface area (Å²) < 4.78 is 46.7. The lowest BCUT2D eigenvalue weighted by molar-refractivity contribution is -0.132.